The lowest BCUT2D eigenvalue weighted by Crippen LogP contribution is -2.44. The molecule has 5 rings (SSSR count). The van der Waals surface area contributed by atoms with E-state index in [1.165, 1.54) is 12.7 Å². The van der Waals surface area contributed by atoms with Gasteiger partial charge in [-0.3, -0.25) is 4.79 Å². The molecule has 1 unspecified atom stereocenters. The van der Waals surface area contributed by atoms with Crippen molar-refractivity contribution >= 4 is 5.91 Å². The maximum Gasteiger partial charge on any atom is 0.258 e. The van der Waals surface area contributed by atoms with Gasteiger partial charge in [0, 0.05) is 6.54 Å². The van der Waals surface area contributed by atoms with Gasteiger partial charge in [-0.15, -0.1) is 0 Å². The molecule has 3 aliphatic rings. The van der Waals surface area contributed by atoms with Gasteiger partial charge in [0.15, 0.2) is 23.0 Å². The molecule has 6 nitrogen and oxygen atoms in total. The Morgan fingerprint density at radius 2 is 2.00 bits per heavy atom. The zero-order valence-electron chi connectivity index (χ0n) is 13.7. The Hall–Kier alpha value is -2.89. The van der Waals surface area contributed by atoms with Gasteiger partial charge in [-0.2, -0.15) is 0 Å². The number of nitrogens with zero attached hydrogens (tertiary/aromatic N) is 1. The maximum atomic E-state index is 13.1. The highest BCUT2D eigenvalue weighted by atomic mass is 16.7. The lowest BCUT2D eigenvalue weighted by Gasteiger charge is -2.41. The molecule has 2 aromatic carbocycles. The summed E-state index contributed by atoms with van der Waals surface area (Å²) in [5.41, 5.74) is 3.68. The molecule has 0 saturated heterocycles. The van der Waals surface area contributed by atoms with Gasteiger partial charge in [0.05, 0.1) is 18.7 Å². The van der Waals surface area contributed by atoms with Crippen LogP contribution in [0.5, 0.6) is 23.0 Å². The summed E-state index contributed by atoms with van der Waals surface area (Å²) in [6.07, 6.45) is 1.45. The van der Waals surface area contributed by atoms with E-state index in [-0.39, 0.29) is 30.2 Å². The van der Waals surface area contributed by atoms with Crippen LogP contribution in [0.4, 0.5) is 0 Å². The summed E-state index contributed by atoms with van der Waals surface area (Å²) < 4.78 is 16.3. The van der Waals surface area contributed by atoms with Crippen molar-refractivity contribution in [1.82, 2.24) is 4.90 Å². The average molecular weight is 339 g/mol. The second-order valence-corrected chi connectivity index (χ2v) is 6.52. The number of methoxy groups -OCH3 is 1. The molecule has 0 aliphatic carbocycles. The summed E-state index contributed by atoms with van der Waals surface area (Å²) in [6.45, 7) is 0.874. The molecule has 0 spiro atoms. The van der Waals surface area contributed by atoms with Gasteiger partial charge >= 0.3 is 0 Å². The van der Waals surface area contributed by atoms with Gasteiger partial charge in [-0.25, -0.2) is 0 Å². The minimum absolute atomic E-state index is 0.00571. The van der Waals surface area contributed by atoms with Crippen LogP contribution in [0.2, 0.25) is 0 Å². The van der Waals surface area contributed by atoms with Crippen LogP contribution >= 0.6 is 0 Å². The summed E-state index contributed by atoms with van der Waals surface area (Å²) in [5.74, 6) is 1.68. The first-order valence-electron chi connectivity index (χ1n) is 8.29. The van der Waals surface area contributed by atoms with Crippen molar-refractivity contribution in [3.63, 3.8) is 0 Å². The van der Waals surface area contributed by atoms with Gasteiger partial charge in [0.2, 0.25) is 6.79 Å². The number of carbonyl (C=O) groups excluding carboxylic acids is 1. The van der Waals surface area contributed by atoms with Crippen LogP contribution in [0.1, 0.15) is 33.1 Å². The number of aromatic hydroxyl groups is 1. The fraction of sp³-hybridized carbons (Fsp3) is 0.316. The van der Waals surface area contributed by atoms with E-state index in [0.29, 0.717) is 18.5 Å². The Morgan fingerprint density at radius 1 is 1.20 bits per heavy atom. The van der Waals surface area contributed by atoms with Crippen LogP contribution in [0.3, 0.4) is 0 Å². The number of amides is 1. The van der Waals surface area contributed by atoms with Gasteiger partial charge in [-0.1, -0.05) is 6.07 Å². The largest absolute Gasteiger partial charge is 0.504 e. The number of carbonyl (C=O) groups is 1. The van der Waals surface area contributed by atoms with E-state index in [1.807, 2.05) is 23.1 Å². The maximum absolute atomic E-state index is 13.1. The van der Waals surface area contributed by atoms with E-state index < -0.39 is 0 Å². The number of fused-ring (bicyclic) bond motifs is 5. The van der Waals surface area contributed by atoms with E-state index in [9.17, 15) is 9.90 Å². The third-order valence-corrected chi connectivity index (χ3v) is 5.31. The number of hydrogen-bond donors (Lipinski definition) is 1. The predicted molar refractivity (Wildman–Crippen MR) is 88.4 cm³/mol. The predicted octanol–water partition coefficient (Wildman–Crippen LogP) is 2.43. The number of hydrogen-bond acceptors (Lipinski definition) is 5. The molecule has 2 aromatic rings. The third-order valence-electron chi connectivity index (χ3n) is 5.31. The summed E-state index contributed by atoms with van der Waals surface area (Å²) in [6, 6.07) is 7.40. The van der Waals surface area contributed by atoms with Gasteiger partial charge in [0.25, 0.3) is 5.91 Å². The minimum Gasteiger partial charge on any atom is -0.504 e. The van der Waals surface area contributed by atoms with Crippen LogP contribution in [0.15, 0.2) is 24.3 Å². The highest BCUT2D eigenvalue weighted by molar-refractivity contribution is 6.01. The summed E-state index contributed by atoms with van der Waals surface area (Å²) >= 11 is 0. The zero-order chi connectivity index (χ0) is 17.1. The lowest BCUT2D eigenvalue weighted by molar-refractivity contribution is 0.0626. The van der Waals surface area contributed by atoms with Crippen molar-refractivity contribution in [2.75, 3.05) is 20.4 Å². The second kappa shape index (κ2) is 5.05. The van der Waals surface area contributed by atoms with E-state index in [2.05, 4.69) is 0 Å². The molecule has 1 N–H and O–H groups in total. The van der Waals surface area contributed by atoms with E-state index >= 15 is 0 Å². The Balaban J connectivity index is 1.64. The van der Waals surface area contributed by atoms with Crippen LogP contribution in [-0.2, 0) is 12.8 Å². The number of ether oxygens (including phenoxy) is 3. The highest BCUT2D eigenvalue weighted by Crippen LogP contribution is 2.46. The van der Waals surface area contributed by atoms with E-state index in [1.54, 1.807) is 6.07 Å². The first-order chi connectivity index (χ1) is 12.2. The van der Waals surface area contributed by atoms with Gasteiger partial charge in [-0.05, 0) is 47.7 Å². The van der Waals surface area contributed by atoms with Crippen molar-refractivity contribution in [2.45, 2.75) is 18.9 Å². The molecule has 0 aromatic heterocycles. The third kappa shape index (κ3) is 1.94. The van der Waals surface area contributed by atoms with Crippen molar-refractivity contribution in [3.05, 3.63) is 46.5 Å². The first kappa shape index (κ1) is 14.5. The van der Waals surface area contributed by atoms with E-state index in [4.69, 9.17) is 14.2 Å². The topological polar surface area (TPSA) is 68.2 Å². The van der Waals surface area contributed by atoms with Crippen molar-refractivity contribution in [3.8, 4) is 23.0 Å². The quantitative estimate of drug-likeness (QED) is 0.864. The molecule has 0 bridgehead atoms. The van der Waals surface area contributed by atoms with Crippen LogP contribution in [0, 0.1) is 0 Å². The zero-order valence-corrected chi connectivity index (χ0v) is 13.7. The normalized spacial score (nSPS) is 20.0. The van der Waals surface area contributed by atoms with Crippen molar-refractivity contribution < 1.29 is 24.1 Å². The molecule has 1 amide bonds. The number of rotatable bonds is 1. The number of phenolic OH excluding ortho intramolecular Hbond substituents is 1. The van der Waals surface area contributed by atoms with Crippen molar-refractivity contribution in [2.24, 2.45) is 0 Å². The van der Waals surface area contributed by atoms with Crippen LogP contribution in [-0.4, -0.2) is 36.4 Å². The standard InChI is InChI=1S/C19H17NO5/c1-23-18-14(21)3-2-11-6-13-12-8-16-15(24-9-25-16)7-10(12)4-5-20(13)19(22)17(11)18/h2-3,7-8,13,21H,4-6,9H2,1H3. The van der Waals surface area contributed by atoms with Crippen molar-refractivity contribution in [1.29, 1.82) is 0 Å². The molecule has 3 heterocycles. The first-order valence-corrected chi connectivity index (χ1v) is 8.29. The van der Waals surface area contributed by atoms with E-state index in [0.717, 1.165) is 29.0 Å². The molecule has 25 heavy (non-hydrogen) atoms. The SMILES string of the molecule is COc1c(O)ccc2c1C(=O)N1CCc3cc4c(cc3C1C2)OCO4. The lowest BCUT2D eigenvalue weighted by atomic mass is 9.83. The van der Waals surface area contributed by atoms with Crippen LogP contribution < -0.4 is 14.2 Å². The Kier molecular flexibility index (Phi) is 2.92. The molecular weight excluding hydrogens is 322 g/mol. The summed E-state index contributed by atoms with van der Waals surface area (Å²) in [4.78, 5) is 15.0. The minimum atomic E-state index is -0.0951. The molecule has 3 aliphatic heterocycles. The molecule has 128 valence electrons. The fourth-order valence-corrected chi connectivity index (χ4v) is 4.13. The molecule has 0 saturated carbocycles. The summed E-state index contributed by atoms with van der Waals surface area (Å²) in [7, 11) is 1.47. The number of benzene rings is 2. The molecule has 1 atom stereocenters. The summed E-state index contributed by atoms with van der Waals surface area (Å²) in [5, 5.41) is 10.0. The smallest absolute Gasteiger partial charge is 0.258 e. The second-order valence-electron chi connectivity index (χ2n) is 6.52. The molecule has 6 heteroatoms. The highest BCUT2D eigenvalue weighted by Gasteiger charge is 2.40. The Labute approximate surface area is 144 Å². The molecule has 0 fully saturated rings. The molecular formula is C19H17NO5. The van der Waals surface area contributed by atoms with Gasteiger partial charge in [0.1, 0.15) is 0 Å². The Bertz CT molecular complexity index is 907. The fourth-order valence-electron chi connectivity index (χ4n) is 4.13. The number of phenols is 1. The van der Waals surface area contributed by atoms with Gasteiger partial charge < -0.3 is 24.2 Å². The monoisotopic (exact) mass is 339 g/mol. The average Bonchev–Trinajstić information content (AvgIpc) is 3.07. The molecule has 0 radical (unpaired) electrons. The van der Waals surface area contributed by atoms with Crippen LogP contribution in [0.25, 0.3) is 0 Å². The Morgan fingerprint density at radius 3 is 2.80 bits per heavy atom.